The molecule has 0 bridgehead atoms. The maximum absolute atomic E-state index is 12.8. The van der Waals surface area contributed by atoms with E-state index in [4.69, 9.17) is 11.6 Å². The molecule has 0 amide bonds. The highest BCUT2D eigenvalue weighted by Gasteiger charge is 2.27. The summed E-state index contributed by atoms with van der Waals surface area (Å²) in [5.41, 5.74) is 2.62. The largest absolute Gasteiger partial charge is 0.345 e. The molecule has 3 rings (SSSR count). The standard InChI is InChI=1S/C19H22ClN3O2S2/c1-12-17(27(24,25)22-19(2,3)4)10-16(23(12)5)18-21-15(11-26-18)13-7-6-8-14(20)9-13/h6-11,22H,1-5H3. The number of thiazole rings is 1. The first-order chi connectivity index (χ1) is 12.5. The van der Waals surface area contributed by atoms with E-state index in [-0.39, 0.29) is 4.90 Å². The van der Waals surface area contributed by atoms with Crippen molar-refractivity contribution in [2.24, 2.45) is 7.05 Å². The van der Waals surface area contributed by atoms with Crippen LogP contribution in [-0.2, 0) is 17.1 Å². The van der Waals surface area contributed by atoms with Crippen molar-refractivity contribution in [3.05, 3.63) is 46.4 Å². The van der Waals surface area contributed by atoms with Gasteiger partial charge < -0.3 is 4.57 Å². The van der Waals surface area contributed by atoms with Crippen molar-refractivity contribution in [3.63, 3.8) is 0 Å². The Morgan fingerprint density at radius 3 is 2.56 bits per heavy atom. The molecule has 0 aliphatic heterocycles. The molecule has 2 aromatic heterocycles. The fourth-order valence-electron chi connectivity index (χ4n) is 2.78. The topological polar surface area (TPSA) is 64.0 Å². The number of aromatic nitrogens is 2. The molecule has 1 aromatic carbocycles. The van der Waals surface area contributed by atoms with Gasteiger partial charge in [0.05, 0.1) is 11.4 Å². The molecule has 0 atom stereocenters. The predicted molar refractivity (Wildman–Crippen MR) is 112 cm³/mol. The Hall–Kier alpha value is -1.67. The van der Waals surface area contributed by atoms with Gasteiger partial charge in [0, 0.05) is 34.2 Å². The van der Waals surface area contributed by atoms with Crippen molar-refractivity contribution in [1.29, 1.82) is 0 Å². The van der Waals surface area contributed by atoms with Gasteiger partial charge in [0.1, 0.15) is 9.90 Å². The van der Waals surface area contributed by atoms with Gasteiger partial charge in [-0.1, -0.05) is 23.7 Å². The molecule has 0 aliphatic rings. The Morgan fingerprint density at radius 1 is 1.22 bits per heavy atom. The molecule has 0 fully saturated rings. The van der Waals surface area contributed by atoms with Gasteiger partial charge in [-0.05, 0) is 45.9 Å². The molecule has 8 heteroatoms. The lowest BCUT2D eigenvalue weighted by Gasteiger charge is -2.20. The molecule has 5 nitrogen and oxygen atoms in total. The van der Waals surface area contributed by atoms with Gasteiger partial charge in [0.15, 0.2) is 0 Å². The van der Waals surface area contributed by atoms with Gasteiger partial charge in [-0.25, -0.2) is 18.1 Å². The molecule has 0 aliphatic carbocycles. The molecule has 0 spiro atoms. The summed E-state index contributed by atoms with van der Waals surface area (Å²) in [4.78, 5) is 4.96. The zero-order valence-electron chi connectivity index (χ0n) is 15.9. The van der Waals surface area contributed by atoms with Gasteiger partial charge >= 0.3 is 0 Å². The average molecular weight is 424 g/mol. The molecule has 1 N–H and O–H groups in total. The molecule has 3 aromatic rings. The van der Waals surface area contributed by atoms with Crippen LogP contribution in [0, 0.1) is 6.92 Å². The number of sulfonamides is 1. The van der Waals surface area contributed by atoms with Gasteiger partial charge in [0.2, 0.25) is 10.0 Å². The summed E-state index contributed by atoms with van der Waals surface area (Å²) >= 11 is 7.54. The molecular formula is C19H22ClN3O2S2. The van der Waals surface area contributed by atoms with Crippen molar-refractivity contribution < 1.29 is 8.42 Å². The maximum atomic E-state index is 12.8. The van der Waals surface area contributed by atoms with Crippen LogP contribution in [0.15, 0.2) is 40.6 Å². The second kappa shape index (κ2) is 7.05. The Bertz CT molecular complexity index is 1090. The summed E-state index contributed by atoms with van der Waals surface area (Å²) in [6.07, 6.45) is 0. The van der Waals surface area contributed by atoms with E-state index in [0.29, 0.717) is 10.7 Å². The van der Waals surface area contributed by atoms with E-state index in [1.807, 2.05) is 62.0 Å². The van der Waals surface area contributed by atoms with Gasteiger partial charge in [-0.3, -0.25) is 0 Å². The van der Waals surface area contributed by atoms with Crippen LogP contribution in [0.4, 0.5) is 0 Å². The number of benzene rings is 1. The number of halogens is 1. The van der Waals surface area contributed by atoms with E-state index < -0.39 is 15.6 Å². The lowest BCUT2D eigenvalue weighted by atomic mass is 10.1. The molecule has 0 radical (unpaired) electrons. The quantitative estimate of drug-likeness (QED) is 0.652. The number of nitrogens with one attached hydrogen (secondary N) is 1. The molecular weight excluding hydrogens is 402 g/mol. The van der Waals surface area contributed by atoms with Crippen LogP contribution in [0.25, 0.3) is 22.0 Å². The van der Waals surface area contributed by atoms with Gasteiger partial charge in [-0.15, -0.1) is 11.3 Å². The van der Waals surface area contributed by atoms with Crippen molar-refractivity contribution in [2.45, 2.75) is 38.1 Å². The Morgan fingerprint density at radius 2 is 1.93 bits per heavy atom. The zero-order valence-corrected chi connectivity index (χ0v) is 18.3. The Balaban J connectivity index is 2.02. The van der Waals surface area contributed by atoms with E-state index >= 15 is 0 Å². The number of hydrogen-bond donors (Lipinski definition) is 1. The normalized spacial score (nSPS) is 12.5. The minimum Gasteiger partial charge on any atom is -0.345 e. The van der Waals surface area contributed by atoms with Gasteiger partial charge in [-0.2, -0.15) is 0 Å². The van der Waals surface area contributed by atoms with Crippen LogP contribution in [0.2, 0.25) is 5.02 Å². The Kier molecular flexibility index (Phi) is 5.24. The summed E-state index contributed by atoms with van der Waals surface area (Å²) in [5.74, 6) is 0. The summed E-state index contributed by atoms with van der Waals surface area (Å²) in [5, 5.41) is 3.36. The molecule has 0 saturated carbocycles. The highest BCUT2D eigenvalue weighted by atomic mass is 35.5. The average Bonchev–Trinajstić information content (AvgIpc) is 3.12. The number of rotatable bonds is 4. The molecule has 2 heterocycles. The second-order valence-corrected chi connectivity index (χ2v) is 10.4. The highest BCUT2D eigenvalue weighted by Crippen LogP contribution is 2.33. The summed E-state index contributed by atoms with van der Waals surface area (Å²) in [7, 11) is -1.77. The molecule has 27 heavy (non-hydrogen) atoms. The first kappa shape index (κ1) is 20.1. The van der Waals surface area contributed by atoms with Crippen LogP contribution in [-0.4, -0.2) is 23.5 Å². The first-order valence-corrected chi connectivity index (χ1v) is 11.1. The Labute approximate surface area is 169 Å². The van der Waals surface area contributed by atoms with Crippen LogP contribution >= 0.6 is 22.9 Å². The predicted octanol–water partition coefficient (Wildman–Crippen LogP) is 4.85. The van der Waals surface area contributed by atoms with Crippen molar-refractivity contribution in [1.82, 2.24) is 14.3 Å². The van der Waals surface area contributed by atoms with E-state index in [2.05, 4.69) is 9.71 Å². The maximum Gasteiger partial charge on any atom is 0.242 e. The fourth-order valence-corrected chi connectivity index (χ4v) is 5.56. The summed E-state index contributed by atoms with van der Waals surface area (Å²) in [6.45, 7) is 7.26. The van der Waals surface area contributed by atoms with Crippen LogP contribution in [0.1, 0.15) is 26.5 Å². The monoisotopic (exact) mass is 423 g/mol. The molecule has 0 unspecified atom stereocenters. The summed E-state index contributed by atoms with van der Waals surface area (Å²) < 4.78 is 30.1. The van der Waals surface area contributed by atoms with Crippen LogP contribution < -0.4 is 4.72 Å². The van der Waals surface area contributed by atoms with E-state index in [1.165, 1.54) is 11.3 Å². The third-order valence-electron chi connectivity index (χ3n) is 4.06. The zero-order chi connectivity index (χ0) is 20.0. The molecule has 144 valence electrons. The lowest BCUT2D eigenvalue weighted by Crippen LogP contribution is -2.40. The number of hydrogen-bond acceptors (Lipinski definition) is 4. The third-order valence-corrected chi connectivity index (χ3v) is 7.04. The summed E-state index contributed by atoms with van der Waals surface area (Å²) in [6, 6.07) is 9.19. The molecule has 0 saturated heterocycles. The second-order valence-electron chi connectivity index (χ2n) is 7.44. The van der Waals surface area contributed by atoms with E-state index in [9.17, 15) is 8.42 Å². The smallest absolute Gasteiger partial charge is 0.242 e. The fraction of sp³-hybridized carbons (Fsp3) is 0.316. The van der Waals surface area contributed by atoms with Crippen molar-refractivity contribution in [3.8, 4) is 22.0 Å². The first-order valence-electron chi connectivity index (χ1n) is 8.40. The van der Waals surface area contributed by atoms with Crippen molar-refractivity contribution in [2.75, 3.05) is 0 Å². The SMILES string of the molecule is Cc1c(S(=O)(=O)NC(C)(C)C)cc(-c2nc(-c3cccc(Cl)c3)cs2)n1C. The van der Waals surface area contributed by atoms with Crippen LogP contribution in [0.5, 0.6) is 0 Å². The van der Waals surface area contributed by atoms with Crippen LogP contribution in [0.3, 0.4) is 0 Å². The third kappa shape index (κ3) is 4.27. The minimum atomic E-state index is -3.62. The van der Waals surface area contributed by atoms with E-state index in [0.717, 1.165) is 22.0 Å². The highest BCUT2D eigenvalue weighted by molar-refractivity contribution is 7.89. The van der Waals surface area contributed by atoms with E-state index in [1.54, 1.807) is 13.0 Å². The number of nitrogens with zero attached hydrogens (tertiary/aromatic N) is 2. The minimum absolute atomic E-state index is 0.273. The van der Waals surface area contributed by atoms with Crippen molar-refractivity contribution >= 4 is 33.0 Å². The van der Waals surface area contributed by atoms with Gasteiger partial charge in [0.25, 0.3) is 0 Å². The lowest BCUT2D eigenvalue weighted by molar-refractivity contribution is 0.491.